The van der Waals surface area contributed by atoms with Crippen molar-refractivity contribution in [2.24, 2.45) is 11.8 Å². The van der Waals surface area contributed by atoms with Gasteiger partial charge in [-0.15, -0.1) is 0 Å². The average molecular weight is 508 g/mol. The average Bonchev–Trinajstić information content (AvgIpc) is 3.15. The van der Waals surface area contributed by atoms with Crippen molar-refractivity contribution in [2.45, 2.75) is 57.8 Å². The first-order chi connectivity index (χ1) is 17.8. The Bertz CT molecular complexity index is 1160. The summed E-state index contributed by atoms with van der Waals surface area (Å²) in [5.74, 6) is -2.26. The van der Waals surface area contributed by atoms with Gasteiger partial charge in [-0.2, -0.15) is 0 Å². The van der Waals surface area contributed by atoms with Crippen LogP contribution in [0.1, 0.15) is 37.8 Å². The molecule has 2 saturated heterocycles. The minimum absolute atomic E-state index is 0.000166. The van der Waals surface area contributed by atoms with Crippen LogP contribution in [0, 0.1) is 25.7 Å². The number of likely N-dealkylation sites (tertiary alicyclic amines) is 1. The van der Waals surface area contributed by atoms with Crippen molar-refractivity contribution in [2.75, 3.05) is 37.7 Å². The third kappa shape index (κ3) is 3.60. The summed E-state index contributed by atoms with van der Waals surface area (Å²) in [6.45, 7) is 9.03. The van der Waals surface area contributed by atoms with E-state index in [1.165, 1.54) is 4.90 Å². The van der Waals surface area contributed by atoms with Gasteiger partial charge in [0.25, 0.3) is 5.91 Å². The number of nitrogens with zero attached hydrogens (tertiary/aromatic N) is 3. The molecule has 5 rings (SSSR count). The molecule has 1 aromatic rings. The molecule has 4 aliphatic heterocycles. The summed E-state index contributed by atoms with van der Waals surface area (Å²) >= 11 is 0. The monoisotopic (exact) mass is 507 g/mol. The Kier molecular flexibility index (Phi) is 6.52. The number of carbonyl (C=O) groups excluding carboxylic acids is 3. The molecule has 4 aliphatic rings. The number of aliphatic hydroxyl groups is 1. The normalized spacial score (nSPS) is 32.9. The van der Waals surface area contributed by atoms with Gasteiger partial charge in [0.2, 0.25) is 11.8 Å². The van der Waals surface area contributed by atoms with Crippen LogP contribution in [0.25, 0.3) is 0 Å². The first-order valence-corrected chi connectivity index (χ1v) is 13.4. The Morgan fingerprint density at radius 3 is 2.30 bits per heavy atom. The van der Waals surface area contributed by atoms with Gasteiger partial charge in [0.05, 0.1) is 24.0 Å². The highest BCUT2D eigenvalue weighted by Crippen LogP contribution is 2.58. The second kappa shape index (κ2) is 9.40. The van der Waals surface area contributed by atoms with E-state index in [1.54, 1.807) is 9.80 Å². The van der Waals surface area contributed by atoms with Crippen LogP contribution in [0.2, 0.25) is 0 Å². The predicted molar refractivity (Wildman–Crippen MR) is 140 cm³/mol. The summed E-state index contributed by atoms with van der Waals surface area (Å²) in [6.07, 6.45) is 8.98. The molecule has 1 spiro atoms. The lowest BCUT2D eigenvalue weighted by Crippen LogP contribution is -2.56. The van der Waals surface area contributed by atoms with Gasteiger partial charge in [-0.1, -0.05) is 56.4 Å². The molecule has 0 bridgehead atoms. The van der Waals surface area contributed by atoms with Gasteiger partial charge in [-0.25, -0.2) is 0 Å². The Morgan fingerprint density at radius 1 is 0.946 bits per heavy atom. The Hall–Kier alpha value is -2.97. The van der Waals surface area contributed by atoms with Crippen LogP contribution in [-0.2, 0) is 19.1 Å². The van der Waals surface area contributed by atoms with Gasteiger partial charge in [0.1, 0.15) is 11.6 Å². The first-order valence-electron chi connectivity index (χ1n) is 13.4. The third-order valence-corrected chi connectivity index (χ3v) is 8.57. The van der Waals surface area contributed by atoms with E-state index in [1.807, 2.05) is 70.2 Å². The van der Waals surface area contributed by atoms with Crippen molar-refractivity contribution < 1.29 is 24.2 Å². The second-order valence-electron chi connectivity index (χ2n) is 10.7. The van der Waals surface area contributed by atoms with Crippen molar-refractivity contribution in [3.8, 4) is 0 Å². The van der Waals surface area contributed by atoms with Crippen LogP contribution in [0.4, 0.5) is 5.69 Å². The smallest absolute Gasteiger partial charge is 0.253 e. The van der Waals surface area contributed by atoms with Crippen LogP contribution < -0.4 is 4.90 Å². The lowest BCUT2D eigenvalue weighted by molar-refractivity contribution is -0.150. The SMILES string of the molecule is CCCN1CC=C[C@@]2(CC)O[C@]34C=CCN(c5c(C)cccc5C)C(=O)C3N(CCO)C(=O)[C@@H]4[C@H]2C1=O. The van der Waals surface area contributed by atoms with Crippen LogP contribution in [0.5, 0.6) is 0 Å². The molecule has 37 heavy (non-hydrogen) atoms. The largest absolute Gasteiger partial charge is 0.395 e. The van der Waals surface area contributed by atoms with Crippen LogP contribution in [-0.4, -0.2) is 82.7 Å². The number of hydrogen-bond donors (Lipinski definition) is 1. The molecule has 198 valence electrons. The number of hydrogen-bond acceptors (Lipinski definition) is 5. The summed E-state index contributed by atoms with van der Waals surface area (Å²) in [7, 11) is 0. The lowest BCUT2D eigenvalue weighted by Gasteiger charge is -2.38. The lowest BCUT2D eigenvalue weighted by atomic mass is 9.73. The highest BCUT2D eigenvalue weighted by atomic mass is 16.5. The molecular weight excluding hydrogens is 470 g/mol. The highest BCUT2D eigenvalue weighted by Gasteiger charge is 2.75. The third-order valence-electron chi connectivity index (χ3n) is 8.57. The summed E-state index contributed by atoms with van der Waals surface area (Å²) in [5, 5.41) is 9.90. The van der Waals surface area contributed by atoms with E-state index < -0.39 is 29.1 Å². The quantitative estimate of drug-likeness (QED) is 0.597. The van der Waals surface area contributed by atoms with Crippen molar-refractivity contribution in [1.82, 2.24) is 9.80 Å². The molecule has 0 radical (unpaired) electrons. The van der Waals surface area contributed by atoms with Crippen LogP contribution in [0.15, 0.2) is 42.5 Å². The molecule has 4 heterocycles. The van der Waals surface area contributed by atoms with Crippen molar-refractivity contribution in [3.63, 3.8) is 0 Å². The fourth-order valence-corrected chi connectivity index (χ4v) is 7.06. The molecular formula is C29H37N3O5. The molecule has 0 aliphatic carbocycles. The van der Waals surface area contributed by atoms with Crippen LogP contribution in [0.3, 0.4) is 0 Å². The summed E-state index contributed by atoms with van der Waals surface area (Å²) < 4.78 is 6.92. The molecule has 8 nitrogen and oxygen atoms in total. The van der Waals surface area contributed by atoms with E-state index in [9.17, 15) is 19.5 Å². The van der Waals surface area contributed by atoms with Crippen molar-refractivity contribution in [3.05, 3.63) is 53.6 Å². The molecule has 5 atom stereocenters. The molecule has 8 heteroatoms. The number of fused-ring (bicyclic) bond motifs is 2. The molecule has 0 saturated carbocycles. The zero-order valence-electron chi connectivity index (χ0n) is 22.1. The molecule has 1 aromatic carbocycles. The maximum atomic E-state index is 14.4. The predicted octanol–water partition coefficient (Wildman–Crippen LogP) is 2.37. The number of aryl methyl sites for hydroxylation is 2. The van der Waals surface area contributed by atoms with E-state index in [-0.39, 0.29) is 30.9 Å². The molecule has 1 N–H and O–H groups in total. The van der Waals surface area contributed by atoms with Gasteiger partial charge in [-0.3, -0.25) is 14.4 Å². The Labute approximate surface area is 218 Å². The summed E-state index contributed by atoms with van der Waals surface area (Å²) in [6, 6.07) is 4.91. The van der Waals surface area contributed by atoms with Crippen molar-refractivity contribution >= 4 is 23.4 Å². The van der Waals surface area contributed by atoms with E-state index in [0.29, 0.717) is 26.1 Å². The first kappa shape index (κ1) is 25.7. The number of benzene rings is 1. The van der Waals surface area contributed by atoms with Gasteiger partial charge >= 0.3 is 0 Å². The minimum Gasteiger partial charge on any atom is -0.395 e. The summed E-state index contributed by atoms with van der Waals surface area (Å²) in [4.78, 5) is 47.6. The number of anilines is 1. The molecule has 2 fully saturated rings. The zero-order chi connectivity index (χ0) is 26.5. The number of amides is 3. The molecule has 3 amide bonds. The number of β-amino-alcohol motifs (C(OH)–C–C–N with tert-alkyl or cyclic N) is 1. The van der Waals surface area contributed by atoms with Gasteiger partial charge in [0, 0.05) is 31.9 Å². The Balaban J connectivity index is 1.67. The maximum Gasteiger partial charge on any atom is 0.253 e. The highest BCUT2D eigenvalue weighted by molar-refractivity contribution is 6.06. The van der Waals surface area contributed by atoms with Crippen molar-refractivity contribution in [1.29, 1.82) is 0 Å². The van der Waals surface area contributed by atoms with Gasteiger partial charge in [0.15, 0.2) is 0 Å². The number of carbonyl (C=O) groups is 3. The topological polar surface area (TPSA) is 90.4 Å². The summed E-state index contributed by atoms with van der Waals surface area (Å²) in [5.41, 5.74) is 0.453. The minimum atomic E-state index is -1.30. The second-order valence-corrected chi connectivity index (χ2v) is 10.7. The van der Waals surface area contributed by atoms with E-state index in [4.69, 9.17) is 4.74 Å². The van der Waals surface area contributed by atoms with E-state index >= 15 is 0 Å². The van der Waals surface area contributed by atoms with E-state index in [2.05, 4.69) is 0 Å². The molecule has 0 aromatic heterocycles. The zero-order valence-corrected chi connectivity index (χ0v) is 22.1. The number of ether oxygens (including phenoxy) is 1. The van der Waals surface area contributed by atoms with Gasteiger partial charge < -0.3 is 24.5 Å². The number of rotatable bonds is 6. The van der Waals surface area contributed by atoms with Crippen LogP contribution >= 0.6 is 0 Å². The fraction of sp³-hybridized carbons (Fsp3) is 0.552. The maximum absolute atomic E-state index is 14.4. The standard InChI is InChI=1S/C29H37N3O5/c1-5-14-30-15-8-12-28(6-2)21(25(30)34)22-26(35)32(17-18-33)24-27(36)31(16-9-13-29(22,24)37-28)23-19(3)10-7-11-20(23)4/h7-13,21-22,24,33H,5-6,14-18H2,1-4H3/t21-,22-,24?,28+,29-/m0/s1. The van der Waals surface area contributed by atoms with Gasteiger partial charge in [-0.05, 0) is 37.8 Å². The number of aliphatic hydroxyl groups excluding tert-OH is 1. The Morgan fingerprint density at radius 2 is 1.65 bits per heavy atom. The fourth-order valence-electron chi connectivity index (χ4n) is 7.06. The number of para-hydroxylation sites is 1. The molecule has 1 unspecified atom stereocenters. The van der Waals surface area contributed by atoms with E-state index in [0.717, 1.165) is 23.2 Å².